The van der Waals surface area contributed by atoms with E-state index in [1.54, 1.807) is 25.1 Å². The summed E-state index contributed by atoms with van der Waals surface area (Å²) in [6, 6.07) is 5.50. The maximum absolute atomic E-state index is 12.2. The van der Waals surface area contributed by atoms with Crippen molar-refractivity contribution in [2.75, 3.05) is 38.3 Å². The number of rotatable bonds is 4. The summed E-state index contributed by atoms with van der Waals surface area (Å²) in [6.07, 6.45) is 1.28. The second-order valence-corrected chi connectivity index (χ2v) is 5.83. The Hall–Kier alpha value is -1.71. The Morgan fingerprint density at radius 2 is 2.00 bits per heavy atom. The van der Waals surface area contributed by atoms with Gasteiger partial charge in [-0.1, -0.05) is 6.92 Å². The molecule has 0 aromatic heterocycles. The van der Waals surface area contributed by atoms with Gasteiger partial charge in [0.25, 0.3) is 5.91 Å². The second-order valence-electron chi connectivity index (χ2n) is 5.83. The Bertz CT molecular complexity index is 484. The first-order chi connectivity index (χ1) is 8.90. The van der Waals surface area contributed by atoms with Gasteiger partial charge in [-0.2, -0.15) is 0 Å². The predicted octanol–water partition coefficient (Wildman–Crippen LogP) is 2.06. The van der Waals surface area contributed by atoms with Crippen LogP contribution in [0.1, 0.15) is 23.7 Å². The highest BCUT2D eigenvalue weighted by Gasteiger charge is 2.33. The quantitative estimate of drug-likeness (QED) is 0.844. The van der Waals surface area contributed by atoms with Crippen LogP contribution >= 0.6 is 0 Å². The highest BCUT2D eigenvalue weighted by Crippen LogP contribution is 2.39. The third kappa shape index (κ3) is 3.00. The van der Waals surface area contributed by atoms with Gasteiger partial charge in [0.15, 0.2) is 0 Å². The molecule has 0 bridgehead atoms. The molecule has 4 nitrogen and oxygen atoms in total. The van der Waals surface area contributed by atoms with E-state index >= 15 is 0 Å². The molecule has 1 saturated carbocycles. The fourth-order valence-corrected chi connectivity index (χ4v) is 2.39. The highest BCUT2D eigenvalue weighted by molar-refractivity contribution is 6.00. The van der Waals surface area contributed by atoms with Crippen molar-refractivity contribution >= 4 is 17.3 Å². The minimum absolute atomic E-state index is 0.0192. The number of nitrogens with zero attached hydrogens (tertiary/aromatic N) is 2. The molecular weight excluding hydrogens is 238 g/mol. The van der Waals surface area contributed by atoms with E-state index in [0.29, 0.717) is 5.69 Å². The first-order valence-electron chi connectivity index (χ1n) is 6.72. The maximum Gasteiger partial charge on any atom is 0.255 e. The van der Waals surface area contributed by atoms with Crippen molar-refractivity contribution < 1.29 is 4.79 Å². The van der Waals surface area contributed by atoms with Gasteiger partial charge in [-0.05, 0) is 36.5 Å². The van der Waals surface area contributed by atoms with Crippen molar-refractivity contribution in [1.82, 2.24) is 4.90 Å². The van der Waals surface area contributed by atoms with Gasteiger partial charge in [-0.3, -0.25) is 4.79 Å². The topological polar surface area (TPSA) is 49.6 Å². The third-order valence-corrected chi connectivity index (χ3v) is 3.85. The Kier molecular flexibility index (Phi) is 3.69. The number of amides is 1. The maximum atomic E-state index is 12.2. The van der Waals surface area contributed by atoms with Crippen LogP contribution < -0.4 is 10.6 Å². The van der Waals surface area contributed by atoms with E-state index in [0.717, 1.165) is 29.6 Å². The average molecular weight is 261 g/mol. The summed E-state index contributed by atoms with van der Waals surface area (Å²) in [5, 5.41) is 0. The summed E-state index contributed by atoms with van der Waals surface area (Å²) in [7, 11) is 5.57. The smallest absolute Gasteiger partial charge is 0.255 e. The van der Waals surface area contributed by atoms with Gasteiger partial charge in [0.2, 0.25) is 0 Å². The van der Waals surface area contributed by atoms with Gasteiger partial charge in [0, 0.05) is 33.4 Å². The SMILES string of the molecule is CC1CC1CN(C)c1cc(N)ccc1C(=O)N(C)C. The zero-order chi connectivity index (χ0) is 14.2. The van der Waals surface area contributed by atoms with Crippen LogP contribution in [-0.2, 0) is 0 Å². The van der Waals surface area contributed by atoms with Crippen molar-refractivity contribution in [2.45, 2.75) is 13.3 Å². The molecule has 1 amide bonds. The van der Waals surface area contributed by atoms with E-state index in [1.807, 2.05) is 19.2 Å². The van der Waals surface area contributed by atoms with Crippen LogP contribution in [-0.4, -0.2) is 38.5 Å². The Labute approximate surface area is 115 Å². The van der Waals surface area contributed by atoms with E-state index in [-0.39, 0.29) is 5.91 Å². The van der Waals surface area contributed by atoms with Crippen LogP contribution in [0.15, 0.2) is 18.2 Å². The zero-order valence-electron chi connectivity index (χ0n) is 12.2. The van der Waals surface area contributed by atoms with Crippen molar-refractivity contribution in [3.8, 4) is 0 Å². The van der Waals surface area contributed by atoms with Gasteiger partial charge < -0.3 is 15.5 Å². The molecule has 2 rings (SSSR count). The van der Waals surface area contributed by atoms with E-state index in [1.165, 1.54) is 6.42 Å². The lowest BCUT2D eigenvalue weighted by molar-refractivity contribution is 0.0828. The van der Waals surface area contributed by atoms with Crippen molar-refractivity contribution in [1.29, 1.82) is 0 Å². The minimum Gasteiger partial charge on any atom is -0.399 e. The number of nitrogen functional groups attached to an aromatic ring is 1. The van der Waals surface area contributed by atoms with Gasteiger partial charge in [0.05, 0.1) is 11.3 Å². The van der Waals surface area contributed by atoms with E-state index in [9.17, 15) is 4.79 Å². The van der Waals surface area contributed by atoms with Crippen molar-refractivity contribution in [3.63, 3.8) is 0 Å². The highest BCUT2D eigenvalue weighted by atomic mass is 16.2. The number of nitrogens with two attached hydrogens (primary N) is 1. The number of hydrogen-bond acceptors (Lipinski definition) is 3. The molecule has 2 N–H and O–H groups in total. The normalized spacial score (nSPS) is 21.1. The molecule has 1 fully saturated rings. The van der Waals surface area contributed by atoms with E-state index in [2.05, 4.69) is 11.8 Å². The molecule has 104 valence electrons. The lowest BCUT2D eigenvalue weighted by atomic mass is 10.1. The summed E-state index contributed by atoms with van der Waals surface area (Å²) in [4.78, 5) is 16.0. The summed E-state index contributed by atoms with van der Waals surface area (Å²) in [5.74, 6) is 1.57. The van der Waals surface area contributed by atoms with E-state index in [4.69, 9.17) is 5.73 Å². The van der Waals surface area contributed by atoms with Crippen molar-refractivity contribution in [2.24, 2.45) is 11.8 Å². The molecule has 1 aromatic carbocycles. The number of carbonyl (C=O) groups is 1. The fourth-order valence-electron chi connectivity index (χ4n) is 2.39. The molecule has 0 saturated heterocycles. The predicted molar refractivity (Wildman–Crippen MR) is 79.4 cm³/mol. The van der Waals surface area contributed by atoms with Gasteiger partial charge >= 0.3 is 0 Å². The molecule has 1 aliphatic rings. The van der Waals surface area contributed by atoms with Crippen LogP contribution in [0.25, 0.3) is 0 Å². The second kappa shape index (κ2) is 5.11. The minimum atomic E-state index is 0.0192. The number of carbonyl (C=O) groups excluding carboxylic acids is 1. The van der Waals surface area contributed by atoms with Crippen LogP contribution in [0.5, 0.6) is 0 Å². The molecule has 0 heterocycles. The van der Waals surface area contributed by atoms with Crippen molar-refractivity contribution in [3.05, 3.63) is 23.8 Å². The van der Waals surface area contributed by atoms with Gasteiger partial charge in [-0.25, -0.2) is 0 Å². The Morgan fingerprint density at radius 1 is 1.37 bits per heavy atom. The fraction of sp³-hybridized carbons (Fsp3) is 0.533. The molecule has 2 atom stereocenters. The Balaban J connectivity index is 2.26. The number of anilines is 2. The molecule has 0 aliphatic heterocycles. The number of hydrogen-bond donors (Lipinski definition) is 1. The first kappa shape index (κ1) is 13.7. The molecule has 0 radical (unpaired) electrons. The molecule has 1 aromatic rings. The van der Waals surface area contributed by atoms with Crippen LogP contribution in [0.3, 0.4) is 0 Å². The van der Waals surface area contributed by atoms with Gasteiger partial charge in [-0.15, -0.1) is 0 Å². The molecule has 4 heteroatoms. The summed E-state index contributed by atoms with van der Waals surface area (Å²) < 4.78 is 0. The molecule has 19 heavy (non-hydrogen) atoms. The first-order valence-corrected chi connectivity index (χ1v) is 6.72. The lowest BCUT2D eigenvalue weighted by Crippen LogP contribution is -2.27. The van der Waals surface area contributed by atoms with Crippen LogP contribution in [0.4, 0.5) is 11.4 Å². The summed E-state index contributed by atoms with van der Waals surface area (Å²) in [5.41, 5.74) is 8.21. The summed E-state index contributed by atoms with van der Waals surface area (Å²) >= 11 is 0. The average Bonchev–Trinajstić information content (AvgIpc) is 3.03. The van der Waals surface area contributed by atoms with Gasteiger partial charge in [0.1, 0.15) is 0 Å². The number of benzene rings is 1. The van der Waals surface area contributed by atoms with Crippen LogP contribution in [0.2, 0.25) is 0 Å². The standard InChI is InChI=1S/C15H23N3O/c1-10-7-11(10)9-18(4)14-8-12(16)5-6-13(14)15(19)17(2)3/h5-6,8,10-11H,7,9,16H2,1-4H3. The zero-order valence-corrected chi connectivity index (χ0v) is 12.2. The Morgan fingerprint density at radius 3 is 2.53 bits per heavy atom. The largest absolute Gasteiger partial charge is 0.399 e. The molecule has 2 unspecified atom stereocenters. The molecular formula is C15H23N3O. The van der Waals surface area contributed by atoms with Crippen LogP contribution in [0, 0.1) is 11.8 Å². The lowest BCUT2D eigenvalue weighted by Gasteiger charge is -2.24. The monoisotopic (exact) mass is 261 g/mol. The third-order valence-electron chi connectivity index (χ3n) is 3.85. The van der Waals surface area contributed by atoms with E-state index < -0.39 is 0 Å². The molecule has 1 aliphatic carbocycles. The summed E-state index contributed by atoms with van der Waals surface area (Å²) in [6.45, 7) is 3.25. The molecule has 0 spiro atoms.